The number of carbonyl (C=O) groups is 1. The van der Waals surface area contributed by atoms with Crippen LogP contribution in [0.1, 0.15) is 44.4 Å². The van der Waals surface area contributed by atoms with E-state index in [4.69, 9.17) is 4.42 Å². The molecule has 2 amide bonds. The van der Waals surface area contributed by atoms with Gasteiger partial charge >= 0.3 is 6.03 Å². The van der Waals surface area contributed by atoms with Crippen LogP contribution in [0.4, 0.5) is 4.79 Å². The van der Waals surface area contributed by atoms with Gasteiger partial charge in [0.05, 0.1) is 6.04 Å². The molecule has 1 aliphatic rings. The molecule has 3 unspecified atom stereocenters. The number of urea groups is 1. The van der Waals surface area contributed by atoms with Crippen molar-refractivity contribution in [3.63, 3.8) is 0 Å². The molecule has 3 rings (SSSR count). The van der Waals surface area contributed by atoms with Gasteiger partial charge in [-0.3, -0.25) is 0 Å². The van der Waals surface area contributed by atoms with Crippen LogP contribution in [0, 0.1) is 5.92 Å². The Morgan fingerprint density at radius 1 is 1.35 bits per heavy atom. The molecule has 0 radical (unpaired) electrons. The molecular weight excluding hydrogens is 292 g/mol. The van der Waals surface area contributed by atoms with Gasteiger partial charge in [0.15, 0.2) is 0 Å². The summed E-state index contributed by atoms with van der Waals surface area (Å²) in [6.07, 6.45) is 4.12. The van der Waals surface area contributed by atoms with Gasteiger partial charge in [-0.2, -0.15) is 0 Å². The van der Waals surface area contributed by atoms with Gasteiger partial charge in [-0.05, 0) is 31.9 Å². The smallest absolute Gasteiger partial charge is 0.315 e. The molecular formula is C18H24N2O3. The number of fused-ring (bicyclic) bond motifs is 1. The topological polar surface area (TPSA) is 74.5 Å². The number of carbonyl (C=O) groups excluding carboxylic acids is 1. The molecule has 1 aliphatic carbocycles. The molecule has 1 fully saturated rings. The third kappa shape index (κ3) is 3.67. The van der Waals surface area contributed by atoms with Crippen LogP contribution in [0.15, 0.2) is 34.7 Å². The molecule has 5 nitrogen and oxygen atoms in total. The van der Waals surface area contributed by atoms with Gasteiger partial charge in [0.2, 0.25) is 0 Å². The van der Waals surface area contributed by atoms with Crippen LogP contribution in [0.3, 0.4) is 0 Å². The molecule has 1 aromatic heterocycles. The second-order valence-electron chi connectivity index (χ2n) is 6.36. The lowest BCUT2D eigenvalue weighted by Crippen LogP contribution is -2.48. The average Bonchev–Trinajstić information content (AvgIpc) is 2.99. The highest BCUT2D eigenvalue weighted by Crippen LogP contribution is 2.25. The fourth-order valence-corrected chi connectivity index (χ4v) is 3.31. The van der Waals surface area contributed by atoms with Gasteiger partial charge in [0, 0.05) is 24.0 Å². The predicted molar refractivity (Wildman–Crippen MR) is 89.1 cm³/mol. The van der Waals surface area contributed by atoms with Crippen molar-refractivity contribution in [3.8, 4) is 0 Å². The lowest BCUT2D eigenvalue weighted by Gasteiger charge is -2.31. The minimum Gasteiger partial charge on any atom is -0.459 e. The number of rotatable bonds is 4. The molecule has 5 heteroatoms. The predicted octanol–water partition coefficient (Wildman–Crippen LogP) is 3.34. The van der Waals surface area contributed by atoms with Crippen molar-refractivity contribution in [2.45, 2.75) is 44.7 Å². The van der Waals surface area contributed by atoms with E-state index >= 15 is 0 Å². The van der Waals surface area contributed by atoms with E-state index in [0.717, 1.165) is 42.4 Å². The molecule has 124 valence electrons. The molecule has 3 N–H and O–H groups in total. The zero-order valence-corrected chi connectivity index (χ0v) is 13.4. The van der Waals surface area contributed by atoms with Crippen molar-refractivity contribution in [3.05, 3.63) is 36.1 Å². The van der Waals surface area contributed by atoms with E-state index in [9.17, 15) is 9.90 Å². The number of para-hydroxylation sites is 1. The van der Waals surface area contributed by atoms with Crippen LogP contribution in [0.2, 0.25) is 0 Å². The van der Waals surface area contributed by atoms with Crippen LogP contribution in [0.25, 0.3) is 11.0 Å². The third-order valence-corrected chi connectivity index (χ3v) is 4.68. The lowest BCUT2D eigenvalue weighted by molar-refractivity contribution is 0.153. The van der Waals surface area contributed by atoms with Gasteiger partial charge in [-0.1, -0.05) is 31.0 Å². The first-order valence-electron chi connectivity index (χ1n) is 8.33. The van der Waals surface area contributed by atoms with Gasteiger partial charge in [0.1, 0.15) is 11.3 Å². The van der Waals surface area contributed by atoms with Crippen molar-refractivity contribution in [2.24, 2.45) is 5.92 Å². The summed E-state index contributed by atoms with van der Waals surface area (Å²) in [6, 6.07) is 9.39. The van der Waals surface area contributed by atoms with Crippen molar-refractivity contribution >= 4 is 17.0 Å². The van der Waals surface area contributed by atoms with Gasteiger partial charge < -0.3 is 20.2 Å². The summed E-state index contributed by atoms with van der Waals surface area (Å²) in [4.78, 5) is 12.2. The number of benzene rings is 1. The van der Waals surface area contributed by atoms with Crippen LogP contribution >= 0.6 is 0 Å². The number of nitrogens with one attached hydrogen (secondary N) is 2. The van der Waals surface area contributed by atoms with Gasteiger partial charge in [-0.15, -0.1) is 0 Å². The maximum absolute atomic E-state index is 12.2. The van der Waals surface area contributed by atoms with E-state index in [1.807, 2.05) is 37.3 Å². The summed E-state index contributed by atoms with van der Waals surface area (Å²) >= 11 is 0. The van der Waals surface area contributed by atoms with Crippen molar-refractivity contribution in [2.75, 3.05) is 6.61 Å². The fraction of sp³-hybridized carbons (Fsp3) is 0.500. The van der Waals surface area contributed by atoms with Crippen LogP contribution in [-0.2, 0) is 0 Å². The normalized spacial score (nSPS) is 22.7. The average molecular weight is 316 g/mol. The second kappa shape index (κ2) is 7.04. The number of aliphatic hydroxyl groups is 1. The van der Waals surface area contributed by atoms with Crippen molar-refractivity contribution in [1.29, 1.82) is 0 Å². The Labute approximate surface area is 136 Å². The molecule has 1 heterocycles. The maximum Gasteiger partial charge on any atom is 0.315 e. The Morgan fingerprint density at radius 2 is 2.13 bits per heavy atom. The quantitative estimate of drug-likeness (QED) is 0.810. The van der Waals surface area contributed by atoms with Crippen molar-refractivity contribution in [1.82, 2.24) is 10.6 Å². The number of hydrogen-bond acceptors (Lipinski definition) is 3. The highest BCUT2D eigenvalue weighted by molar-refractivity contribution is 5.78. The molecule has 0 bridgehead atoms. The largest absolute Gasteiger partial charge is 0.459 e. The minimum absolute atomic E-state index is 0.0524. The van der Waals surface area contributed by atoms with E-state index in [-0.39, 0.29) is 30.6 Å². The molecule has 23 heavy (non-hydrogen) atoms. The summed E-state index contributed by atoms with van der Waals surface area (Å²) in [5.74, 6) is 0.903. The van der Waals surface area contributed by atoms with E-state index in [1.54, 1.807) is 0 Å². The first-order chi connectivity index (χ1) is 11.2. The fourth-order valence-electron chi connectivity index (χ4n) is 3.31. The molecule has 0 spiro atoms. The van der Waals surface area contributed by atoms with Gasteiger partial charge in [0.25, 0.3) is 0 Å². The monoisotopic (exact) mass is 316 g/mol. The Bertz CT molecular complexity index is 634. The molecule has 1 aromatic carbocycles. The van der Waals surface area contributed by atoms with E-state index in [0.29, 0.717) is 0 Å². The zero-order valence-electron chi connectivity index (χ0n) is 13.4. The second-order valence-corrected chi connectivity index (χ2v) is 6.36. The Hall–Kier alpha value is -2.01. The summed E-state index contributed by atoms with van der Waals surface area (Å²) in [6.45, 7) is 2.03. The third-order valence-electron chi connectivity index (χ3n) is 4.68. The maximum atomic E-state index is 12.2. The number of hydrogen-bond donors (Lipinski definition) is 3. The Balaban J connectivity index is 1.60. The van der Waals surface area contributed by atoms with E-state index in [1.165, 1.54) is 0 Å². The first-order valence-corrected chi connectivity index (χ1v) is 8.33. The zero-order chi connectivity index (χ0) is 16.2. The minimum atomic E-state index is -0.210. The first kappa shape index (κ1) is 15.9. The molecule has 0 saturated heterocycles. The van der Waals surface area contributed by atoms with Gasteiger partial charge in [-0.25, -0.2) is 4.79 Å². The standard InChI is InChI=1S/C18H24N2O3/c1-12(17-10-13-6-3-5-9-16(13)23-17)19-18(22)20-15-8-4-2-7-14(15)11-21/h3,5-6,9-10,12,14-15,21H,2,4,7-8,11H2,1H3,(H2,19,20,22). The van der Waals surface area contributed by atoms with Crippen LogP contribution in [0.5, 0.6) is 0 Å². The Kier molecular flexibility index (Phi) is 4.86. The summed E-state index contributed by atoms with van der Waals surface area (Å²) in [5, 5.41) is 16.4. The summed E-state index contributed by atoms with van der Waals surface area (Å²) in [5.41, 5.74) is 0.823. The van der Waals surface area contributed by atoms with Crippen molar-refractivity contribution < 1.29 is 14.3 Å². The van der Waals surface area contributed by atoms with Crippen LogP contribution in [-0.4, -0.2) is 23.8 Å². The number of furan rings is 1. The SMILES string of the molecule is CC(NC(=O)NC1CCCCC1CO)c1cc2ccccc2o1. The number of amides is 2. The molecule has 3 atom stereocenters. The Morgan fingerprint density at radius 3 is 2.91 bits per heavy atom. The lowest BCUT2D eigenvalue weighted by atomic mass is 9.85. The summed E-state index contributed by atoms with van der Waals surface area (Å²) < 4.78 is 5.78. The molecule has 1 saturated carbocycles. The van der Waals surface area contributed by atoms with E-state index in [2.05, 4.69) is 10.6 Å². The summed E-state index contributed by atoms with van der Waals surface area (Å²) in [7, 11) is 0. The number of aliphatic hydroxyl groups excluding tert-OH is 1. The van der Waals surface area contributed by atoms with Crippen LogP contribution < -0.4 is 10.6 Å². The molecule has 2 aromatic rings. The highest BCUT2D eigenvalue weighted by Gasteiger charge is 2.26. The highest BCUT2D eigenvalue weighted by atomic mass is 16.3. The molecule has 0 aliphatic heterocycles. The van der Waals surface area contributed by atoms with E-state index < -0.39 is 0 Å².